The van der Waals surface area contributed by atoms with Crippen LogP contribution in [0.15, 0.2) is 200 Å². The van der Waals surface area contributed by atoms with Crippen molar-refractivity contribution >= 4 is 85.2 Å². The van der Waals surface area contributed by atoms with Crippen LogP contribution in [0.3, 0.4) is 0 Å². The van der Waals surface area contributed by atoms with Crippen molar-refractivity contribution in [3.8, 4) is 33.4 Å². The Morgan fingerprint density at radius 3 is 1.52 bits per heavy atom. The smallest absolute Gasteiger partial charge is 0.0487 e. The Hall–Kier alpha value is -6.52. The van der Waals surface area contributed by atoms with Crippen molar-refractivity contribution in [2.75, 3.05) is 4.90 Å². The first-order valence-electron chi connectivity index (χ1n) is 19.1. The molecule has 0 saturated heterocycles. The summed E-state index contributed by atoms with van der Waals surface area (Å²) in [6.07, 6.45) is 0. The van der Waals surface area contributed by atoms with Gasteiger partial charge in [-0.15, -0.1) is 22.7 Å². The Labute approximate surface area is 334 Å². The number of nitrogens with zero attached hydrogens (tertiary/aromatic N) is 1. The average Bonchev–Trinajstić information content (AvgIpc) is 3.83. The first kappa shape index (κ1) is 32.9. The molecule has 0 aliphatic carbocycles. The number of hydrogen-bond donors (Lipinski definition) is 0. The second kappa shape index (κ2) is 13.6. The van der Waals surface area contributed by atoms with Crippen LogP contribution in [-0.2, 0) is 6.54 Å². The molecule has 11 rings (SSSR count). The molecule has 2 aromatic heterocycles. The standard InChI is InChI=1S/C53H35NS2/c1-2-12-36-29-39(24-23-35(36)11-1)37-14-9-16-43(30-37)54(44-17-10-15-38(31-44)40-25-27-52-48(32-40)46-19-5-7-21-50(46)55-52)34-42-13-3-4-18-45(42)41-26-28-53-49(33-41)47-20-6-8-22-51(47)56-53/h1-33H,34H2. The van der Waals surface area contributed by atoms with E-state index in [1.165, 1.54) is 90.1 Å². The van der Waals surface area contributed by atoms with Gasteiger partial charge in [0.2, 0.25) is 0 Å². The second-order valence-corrected chi connectivity index (χ2v) is 16.7. The highest BCUT2D eigenvalue weighted by Gasteiger charge is 2.17. The van der Waals surface area contributed by atoms with Gasteiger partial charge in [0, 0.05) is 58.3 Å². The van der Waals surface area contributed by atoms with Gasteiger partial charge in [0.25, 0.3) is 0 Å². The van der Waals surface area contributed by atoms with Crippen LogP contribution in [-0.4, -0.2) is 0 Å². The molecule has 0 atom stereocenters. The summed E-state index contributed by atoms with van der Waals surface area (Å²) in [7, 11) is 0. The molecule has 11 aromatic rings. The third-order valence-corrected chi connectivity index (χ3v) is 13.4. The van der Waals surface area contributed by atoms with Gasteiger partial charge in [-0.1, -0.05) is 133 Å². The minimum Gasteiger partial charge on any atom is -0.337 e. The molecule has 0 amide bonds. The fourth-order valence-electron chi connectivity index (χ4n) is 8.32. The molecule has 0 aliphatic heterocycles. The van der Waals surface area contributed by atoms with Gasteiger partial charge in [0.1, 0.15) is 0 Å². The molecule has 0 aliphatic rings. The van der Waals surface area contributed by atoms with Crippen LogP contribution in [0.2, 0.25) is 0 Å². The Morgan fingerprint density at radius 2 is 0.821 bits per heavy atom. The third-order valence-electron chi connectivity index (χ3n) is 11.1. The molecule has 0 N–H and O–H groups in total. The maximum Gasteiger partial charge on any atom is 0.0487 e. The topological polar surface area (TPSA) is 3.24 Å². The van der Waals surface area contributed by atoms with Crippen molar-refractivity contribution in [1.82, 2.24) is 0 Å². The number of fused-ring (bicyclic) bond motifs is 7. The molecule has 56 heavy (non-hydrogen) atoms. The monoisotopic (exact) mass is 749 g/mol. The molecule has 3 heteroatoms. The zero-order valence-corrected chi connectivity index (χ0v) is 32.2. The van der Waals surface area contributed by atoms with Crippen LogP contribution in [0.25, 0.3) is 84.5 Å². The normalized spacial score (nSPS) is 11.6. The molecule has 0 spiro atoms. The van der Waals surface area contributed by atoms with Gasteiger partial charge < -0.3 is 4.90 Å². The fourth-order valence-corrected chi connectivity index (χ4v) is 10.5. The largest absolute Gasteiger partial charge is 0.337 e. The van der Waals surface area contributed by atoms with E-state index in [0.29, 0.717) is 6.54 Å². The Bertz CT molecular complexity index is 3260. The van der Waals surface area contributed by atoms with Crippen LogP contribution in [0.5, 0.6) is 0 Å². The molecule has 0 radical (unpaired) electrons. The minimum absolute atomic E-state index is 0.706. The predicted molar refractivity (Wildman–Crippen MR) is 245 cm³/mol. The van der Waals surface area contributed by atoms with Crippen molar-refractivity contribution in [1.29, 1.82) is 0 Å². The van der Waals surface area contributed by atoms with Crippen molar-refractivity contribution in [3.05, 3.63) is 206 Å². The van der Waals surface area contributed by atoms with Crippen LogP contribution in [0.4, 0.5) is 11.4 Å². The quantitative estimate of drug-likeness (QED) is 0.157. The van der Waals surface area contributed by atoms with Gasteiger partial charge in [-0.3, -0.25) is 0 Å². The molecule has 0 fully saturated rings. The van der Waals surface area contributed by atoms with Gasteiger partial charge in [-0.2, -0.15) is 0 Å². The summed E-state index contributed by atoms with van der Waals surface area (Å²) in [6, 6.07) is 73.9. The first-order chi connectivity index (χ1) is 27.7. The first-order valence-corrected chi connectivity index (χ1v) is 20.7. The number of thiophene rings is 2. The van der Waals surface area contributed by atoms with E-state index in [4.69, 9.17) is 0 Å². The lowest BCUT2D eigenvalue weighted by Gasteiger charge is -2.27. The van der Waals surface area contributed by atoms with Crippen molar-refractivity contribution in [2.24, 2.45) is 0 Å². The van der Waals surface area contributed by atoms with Gasteiger partial charge in [-0.05, 0) is 116 Å². The van der Waals surface area contributed by atoms with Crippen LogP contribution < -0.4 is 4.90 Å². The van der Waals surface area contributed by atoms with Gasteiger partial charge in [-0.25, -0.2) is 0 Å². The van der Waals surface area contributed by atoms with Gasteiger partial charge in [0.15, 0.2) is 0 Å². The van der Waals surface area contributed by atoms with Gasteiger partial charge >= 0.3 is 0 Å². The highest BCUT2D eigenvalue weighted by molar-refractivity contribution is 7.26. The number of anilines is 2. The van der Waals surface area contributed by atoms with E-state index in [9.17, 15) is 0 Å². The maximum absolute atomic E-state index is 2.49. The van der Waals surface area contributed by atoms with E-state index in [0.717, 1.165) is 11.4 Å². The summed E-state index contributed by atoms with van der Waals surface area (Å²) >= 11 is 3.73. The van der Waals surface area contributed by atoms with Crippen molar-refractivity contribution < 1.29 is 0 Å². The Kier molecular flexibility index (Phi) is 8.01. The zero-order valence-electron chi connectivity index (χ0n) is 30.5. The van der Waals surface area contributed by atoms with Crippen molar-refractivity contribution in [3.63, 3.8) is 0 Å². The number of benzene rings is 9. The third kappa shape index (κ3) is 5.84. The molecule has 0 unspecified atom stereocenters. The molecular weight excluding hydrogens is 715 g/mol. The molecule has 0 saturated carbocycles. The Balaban J connectivity index is 1.04. The maximum atomic E-state index is 2.49. The second-order valence-electron chi connectivity index (χ2n) is 14.5. The van der Waals surface area contributed by atoms with E-state index in [2.05, 4.69) is 205 Å². The summed E-state index contributed by atoms with van der Waals surface area (Å²) in [4.78, 5) is 2.49. The van der Waals surface area contributed by atoms with Crippen molar-refractivity contribution in [2.45, 2.75) is 6.54 Å². The van der Waals surface area contributed by atoms with E-state index < -0.39 is 0 Å². The zero-order chi connectivity index (χ0) is 37.0. The SMILES string of the molecule is c1cc(-c2ccc3ccccc3c2)cc(N(Cc2ccccc2-c2ccc3sc4ccccc4c3c2)c2cccc(-c3ccc4sc5ccccc5c4c3)c2)c1. The lowest BCUT2D eigenvalue weighted by atomic mass is 9.96. The molecule has 2 heterocycles. The van der Waals surface area contributed by atoms with Crippen LogP contribution in [0.1, 0.15) is 5.56 Å². The summed E-state index contributed by atoms with van der Waals surface area (Å²) in [5.41, 5.74) is 10.9. The lowest BCUT2D eigenvalue weighted by molar-refractivity contribution is 0.978. The Morgan fingerprint density at radius 1 is 0.321 bits per heavy atom. The fraction of sp³-hybridized carbons (Fsp3) is 0.0189. The molecular formula is C53H35NS2. The van der Waals surface area contributed by atoms with E-state index >= 15 is 0 Å². The van der Waals surface area contributed by atoms with Crippen LogP contribution in [0, 0.1) is 0 Å². The highest BCUT2D eigenvalue weighted by atomic mass is 32.1. The average molecular weight is 750 g/mol. The van der Waals surface area contributed by atoms with Gasteiger partial charge in [0.05, 0.1) is 0 Å². The minimum atomic E-state index is 0.706. The molecule has 264 valence electrons. The van der Waals surface area contributed by atoms with E-state index in [-0.39, 0.29) is 0 Å². The lowest BCUT2D eigenvalue weighted by Crippen LogP contribution is -2.17. The highest BCUT2D eigenvalue weighted by Crippen LogP contribution is 2.41. The number of hydrogen-bond acceptors (Lipinski definition) is 3. The molecule has 0 bridgehead atoms. The summed E-state index contributed by atoms with van der Waals surface area (Å²) < 4.78 is 5.31. The predicted octanol–water partition coefficient (Wildman–Crippen LogP) is 15.9. The van der Waals surface area contributed by atoms with E-state index in [1.54, 1.807) is 0 Å². The molecule has 9 aromatic carbocycles. The number of rotatable bonds is 7. The summed E-state index contributed by atoms with van der Waals surface area (Å²) in [5.74, 6) is 0. The molecule has 1 nitrogen and oxygen atoms in total. The van der Waals surface area contributed by atoms with Crippen LogP contribution >= 0.6 is 22.7 Å². The summed E-state index contributed by atoms with van der Waals surface area (Å²) in [6.45, 7) is 0.706. The van der Waals surface area contributed by atoms with E-state index in [1.807, 2.05) is 22.7 Å². The summed E-state index contributed by atoms with van der Waals surface area (Å²) in [5, 5.41) is 7.79.